The van der Waals surface area contributed by atoms with E-state index < -0.39 is 17.1 Å². The second kappa shape index (κ2) is 6.40. The summed E-state index contributed by atoms with van der Waals surface area (Å²) in [6, 6.07) is 14.8. The van der Waals surface area contributed by atoms with Crippen LogP contribution in [0, 0.1) is 0 Å². The summed E-state index contributed by atoms with van der Waals surface area (Å²) in [6.45, 7) is 0.271. The van der Waals surface area contributed by atoms with Gasteiger partial charge in [-0.2, -0.15) is 4.31 Å². The minimum absolute atomic E-state index is 0.116. The normalized spacial score (nSPS) is 11.6. The fourth-order valence-corrected chi connectivity index (χ4v) is 3.08. The summed E-state index contributed by atoms with van der Waals surface area (Å²) in [5.74, 6) is 0. The first-order valence-electron chi connectivity index (χ1n) is 6.37. The molecule has 2 rings (SSSR count). The molecule has 5 nitrogen and oxygen atoms in total. The molecular formula is C14H16BNO4S. The van der Waals surface area contributed by atoms with E-state index >= 15 is 0 Å². The van der Waals surface area contributed by atoms with Crippen molar-refractivity contribution < 1.29 is 18.5 Å². The predicted molar refractivity (Wildman–Crippen MR) is 81.4 cm³/mol. The van der Waals surface area contributed by atoms with Gasteiger partial charge < -0.3 is 10.0 Å². The van der Waals surface area contributed by atoms with Gasteiger partial charge in [0.2, 0.25) is 10.0 Å². The summed E-state index contributed by atoms with van der Waals surface area (Å²) in [7, 11) is -3.71. The number of sulfonamides is 1. The number of benzene rings is 2. The van der Waals surface area contributed by atoms with Crippen molar-refractivity contribution in [3.8, 4) is 0 Å². The van der Waals surface area contributed by atoms with Crippen LogP contribution in [0.1, 0.15) is 5.56 Å². The van der Waals surface area contributed by atoms with Crippen molar-refractivity contribution in [3.05, 3.63) is 60.2 Å². The van der Waals surface area contributed by atoms with E-state index in [0.29, 0.717) is 0 Å². The van der Waals surface area contributed by atoms with E-state index in [9.17, 15) is 8.42 Å². The lowest BCUT2D eigenvalue weighted by Gasteiger charge is -2.17. The Hall–Kier alpha value is -1.67. The number of rotatable bonds is 5. The zero-order chi connectivity index (χ0) is 15.5. The second-order valence-corrected chi connectivity index (χ2v) is 6.73. The van der Waals surface area contributed by atoms with E-state index in [1.165, 1.54) is 35.6 Å². The summed E-state index contributed by atoms with van der Waals surface area (Å²) in [4.78, 5) is 0.116. The van der Waals surface area contributed by atoms with Gasteiger partial charge in [0, 0.05) is 13.6 Å². The summed E-state index contributed by atoms with van der Waals surface area (Å²) in [5, 5.41) is 18.0. The van der Waals surface area contributed by atoms with Gasteiger partial charge in [-0.3, -0.25) is 0 Å². The predicted octanol–water partition coefficient (Wildman–Crippen LogP) is 0.187. The van der Waals surface area contributed by atoms with Crippen LogP contribution < -0.4 is 5.46 Å². The van der Waals surface area contributed by atoms with Crippen molar-refractivity contribution in [2.24, 2.45) is 0 Å². The largest absolute Gasteiger partial charge is 0.488 e. The Bertz CT molecular complexity index is 687. The lowest BCUT2D eigenvalue weighted by atomic mass is 9.81. The molecule has 2 aromatic rings. The van der Waals surface area contributed by atoms with Crippen molar-refractivity contribution in [3.63, 3.8) is 0 Å². The van der Waals surface area contributed by atoms with Crippen LogP contribution in [0.5, 0.6) is 0 Å². The molecule has 110 valence electrons. The van der Waals surface area contributed by atoms with Gasteiger partial charge >= 0.3 is 7.12 Å². The Labute approximate surface area is 124 Å². The molecule has 0 aromatic heterocycles. The molecule has 0 unspecified atom stereocenters. The van der Waals surface area contributed by atoms with Crippen LogP contribution in [0.4, 0.5) is 0 Å². The van der Waals surface area contributed by atoms with E-state index in [0.717, 1.165) is 5.56 Å². The molecule has 0 aliphatic rings. The average molecular weight is 305 g/mol. The van der Waals surface area contributed by atoms with Crippen molar-refractivity contribution in [2.45, 2.75) is 11.4 Å². The van der Waals surface area contributed by atoms with E-state index in [-0.39, 0.29) is 16.9 Å². The van der Waals surface area contributed by atoms with E-state index in [1.54, 1.807) is 0 Å². The van der Waals surface area contributed by atoms with E-state index in [1.807, 2.05) is 30.3 Å². The Morgan fingerprint density at radius 3 is 2.10 bits per heavy atom. The smallest absolute Gasteiger partial charge is 0.423 e. The molecule has 2 aromatic carbocycles. The van der Waals surface area contributed by atoms with Crippen LogP contribution in [0.2, 0.25) is 0 Å². The molecule has 0 aliphatic carbocycles. The molecule has 0 spiro atoms. The fourth-order valence-electron chi connectivity index (χ4n) is 1.92. The molecule has 21 heavy (non-hydrogen) atoms. The zero-order valence-corrected chi connectivity index (χ0v) is 12.4. The van der Waals surface area contributed by atoms with Crippen LogP contribution in [0.15, 0.2) is 59.5 Å². The molecule has 0 heterocycles. The summed E-state index contributed by atoms with van der Waals surface area (Å²) >= 11 is 0. The highest BCUT2D eigenvalue weighted by Crippen LogP contribution is 2.15. The lowest BCUT2D eigenvalue weighted by molar-refractivity contribution is 0.425. The van der Waals surface area contributed by atoms with Gasteiger partial charge in [0.05, 0.1) is 4.90 Å². The molecule has 0 bridgehead atoms. The van der Waals surface area contributed by atoms with Gasteiger partial charge in [-0.25, -0.2) is 8.42 Å². The SMILES string of the molecule is CN(Cc1ccccc1)S(=O)(=O)c1ccc(B(O)O)cc1. The first kappa shape index (κ1) is 15.7. The van der Waals surface area contributed by atoms with Crippen LogP contribution in [0.3, 0.4) is 0 Å². The molecule has 0 saturated carbocycles. The molecule has 0 radical (unpaired) electrons. The topological polar surface area (TPSA) is 77.8 Å². The molecule has 0 atom stereocenters. The minimum atomic E-state index is -3.61. The van der Waals surface area contributed by atoms with Crippen molar-refractivity contribution in [1.82, 2.24) is 4.31 Å². The molecule has 7 heteroatoms. The third kappa shape index (κ3) is 3.71. The molecule has 0 fully saturated rings. The van der Waals surface area contributed by atoms with Gasteiger partial charge in [-0.1, -0.05) is 42.5 Å². The van der Waals surface area contributed by atoms with Gasteiger partial charge in [-0.05, 0) is 23.2 Å². The van der Waals surface area contributed by atoms with Gasteiger partial charge in [0.1, 0.15) is 0 Å². The van der Waals surface area contributed by atoms with Gasteiger partial charge in [0.25, 0.3) is 0 Å². The van der Waals surface area contributed by atoms with Crippen molar-refractivity contribution >= 4 is 22.6 Å². The Balaban J connectivity index is 2.20. The van der Waals surface area contributed by atoms with E-state index in [2.05, 4.69) is 0 Å². The quantitative estimate of drug-likeness (QED) is 0.773. The highest BCUT2D eigenvalue weighted by atomic mass is 32.2. The summed E-state index contributed by atoms with van der Waals surface area (Å²) in [6.07, 6.45) is 0. The van der Waals surface area contributed by atoms with Crippen molar-refractivity contribution in [1.29, 1.82) is 0 Å². The standard InChI is InChI=1S/C14H16BNO4S/c1-16(11-12-5-3-2-4-6-12)21(19,20)14-9-7-13(8-10-14)15(17)18/h2-10,17-18H,11H2,1H3. The number of hydrogen-bond acceptors (Lipinski definition) is 4. The molecule has 0 aliphatic heterocycles. The maximum absolute atomic E-state index is 12.4. The third-order valence-corrected chi connectivity index (χ3v) is 4.95. The first-order chi connectivity index (χ1) is 9.91. The maximum Gasteiger partial charge on any atom is 0.488 e. The average Bonchev–Trinajstić information content (AvgIpc) is 2.48. The zero-order valence-electron chi connectivity index (χ0n) is 11.5. The number of hydrogen-bond donors (Lipinski definition) is 2. The summed E-state index contributed by atoms with van der Waals surface area (Å²) < 4.78 is 26.1. The third-order valence-electron chi connectivity index (χ3n) is 3.13. The highest BCUT2D eigenvalue weighted by molar-refractivity contribution is 7.89. The Kier molecular flexibility index (Phi) is 4.79. The highest BCUT2D eigenvalue weighted by Gasteiger charge is 2.21. The van der Waals surface area contributed by atoms with Gasteiger partial charge in [-0.15, -0.1) is 0 Å². The summed E-state index contributed by atoms with van der Waals surface area (Å²) in [5.41, 5.74) is 1.14. The molecular weight excluding hydrogens is 289 g/mol. The minimum Gasteiger partial charge on any atom is -0.423 e. The molecule has 2 N–H and O–H groups in total. The van der Waals surface area contributed by atoms with Crippen LogP contribution in [0.25, 0.3) is 0 Å². The van der Waals surface area contributed by atoms with Crippen LogP contribution in [-0.2, 0) is 16.6 Å². The lowest BCUT2D eigenvalue weighted by Crippen LogP contribution is -2.30. The van der Waals surface area contributed by atoms with Crippen molar-refractivity contribution in [2.75, 3.05) is 7.05 Å². The Morgan fingerprint density at radius 1 is 1.00 bits per heavy atom. The fraction of sp³-hybridized carbons (Fsp3) is 0.143. The second-order valence-electron chi connectivity index (χ2n) is 4.69. The molecule has 0 amide bonds. The first-order valence-corrected chi connectivity index (χ1v) is 7.81. The van der Waals surface area contributed by atoms with Gasteiger partial charge in [0.15, 0.2) is 0 Å². The Morgan fingerprint density at radius 2 is 1.57 bits per heavy atom. The molecule has 0 saturated heterocycles. The monoisotopic (exact) mass is 305 g/mol. The van der Waals surface area contributed by atoms with E-state index in [4.69, 9.17) is 10.0 Å². The number of nitrogens with zero attached hydrogens (tertiary/aromatic N) is 1. The maximum atomic E-state index is 12.4. The van der Waals surface area contributed by atoms with Crippen LogP contribution in [-0.4, -0.2) is 36.9 Å². The van der Waals surface area contributed by atoms with Crippen LogP contribution >= 0.6 is 0 Å².